The van der Waals surface area contributed by atoms with E-state index in [1.807, 2.05) is 6.92 Å². The van der Waals surface area contributed by atoms with Crippen molar-refractivity contribution >= 4 is 22.9 Å². The summed E-state index contributed by atoms with van der Waals surface area (Å²) < 4.78 is 5.50. The minimum Gasteiger partial charge on any atom is -0.381 e. The lowest BCUT2D eigenvalue weighted by atomic mass is 10.0. The summed E-state index contributed by atoms with van der Waals surface area (Å²) >= 11 is 0. The summed E-state index contributed by atoms with van der Waals surface area (Å²) in [6, 6.07) is 0. The Bertz CT molecular complexity index is 563. The van der Waals surface area contributed by atoms with E-state index in [9.17, 15) is 0 Å². The van der Waals surface area contributed by atoms with Crippen LogP contribution in [0.15, 0.2) is 6.33 Å². The molecule has 0 radical (unpaired) electrons. The SMILES string of the molecule is CCNc1nc(NCC2CCCOC2)c2[nH]cnc2n1. The van der Waals surface area contributed by atoms with Gasteiger partial charge in [0.15, 0.2) is 11.5 Å². The summed E-state index contributed by atoms with van der Waals surface area (Å²) in [4.78, 5) is 16.1. The summed E-state index contributed by atoms with van der Waals surface area (Å²) in [6.45, 7) is 5.37. The number of ether oxygens (including phenoxy) is 1. The van der Waals surface area contributed by atoms with E-state index >= 15 is 0 Å². The third kappa shape index (κ3) is 2.82. The second-order valence-corrected chi connectivity index (χ2v) is 4.99. The molecule has 20 heavy (non-hydrogen) atoms. The summed E-state index contributed by atoms with van der Waals surface area (Å²) in [5.41, 5.74) is 1.53. The number of hydrogen-bond acceptors (Lipinski definition) is 6. The van der Waals surface area contributed by atoms with Gasteiger partial charge in [-0.15, -0.1) is 0 Å². The lowest BCUT2D eigenvalue weighted by Crippen LogP contribution is -2.24. The van der Waals surface area contributed by atoms with Gasteiger partial charge in [-0.3, -0.25) is 0 Å². The fraction of sp³-hybridized carbons (Fsp3) is 0.615. The van der Waals surface area contributed by atoms with E-state index in [1.54, 1.807) is 6.33 Å². The van der Waals surface area contributed by atoms with Crippen LogP contribution in [0.4, 0.5) is 11.8 Å². The smallest absolute Gasteiger partial charge is 0.226 e. The second kappa shape index (κ2) is 6.04. The number of hydrogen-bond donors (Lipinski definition) is 3. The van der Waals surface area contributed by atoms with Crippen LogP contribution in [0.25, 0.3) is 11.2 Å². The molecule has 0 spiro atoms. The highest BCUT2D eigenvalue weighted by Gasteiger charge is 2.15. The van der Waals surface area contributed by atoms with Gasteiger partial charge in [-0.05, 0) is 25.7 Å². The molecule has 1 aliphatic heterocycles. The molecule has 1 fully saturated rings. The van der Waals surface area contributed by atoms with E-state index in [4.69, 9.17) is 4.74 Å². The molecule has 2 aromatic rings. The zero-order valence-corrected chi connectivity index (χ0v) is 11.6. The van der Waals surface area contributed by atoms with Crippen molar-refractivity contribution in [1.82, 2.24) is 19.9 Å². The highest BCUT2D eigenvalue weighted by atomic mass is 16.5. The number of fused-ring (bicyclic) bond motifs is 1. The predicted molar refractivity (Wildman–Crippen MR) is 77.9 cm³/mol. The van der Waals surface area contributed by atoms with Gasteiger partial charge in [0, 0.05) is 19.7 Å². The zero-order valence-electron chi connectivity index (χ0n) is 11.6. The number of nitrogens with one attached hydrogen (secondary N) is 3. The molecule has 3 heterocycles. The summed E-state index contributed by atoms with van der Waals surface area (Å²) in [6.07, 6.45) is 3.98. The first-order chi connectivity index (χ1) is 9.86. The van der Waals surface area contributed by atoms with Gasteiger partial charge in [0.1, 0.15) is 5.52 Å². The van der Waals surface area contributed by atoms with E-state index in [0.29, 0.717) is 17.5 Å². The highest BCUT2D eigenvalue weighted by molar-refractivity contribution is 5.83. The van der Waals surface area contributed by atoms with Gasteiger partial charge >= 0.3 is 0 Å². The molecule has 1 aliphatic rings. The standard InChI is InChI=1S/C13H20N6O/c1-2-14-13-18-11(10-12(19-13)17-8-16-10)15-6-9-4-3-5-20-7-9/h8-9H,2-7H2,1H3,(H3,14,15,16,17,18,19). The molecule has 1 unspecified atom stereocenters. The van der Waals surface area contributed by atoms with Gasteiger partial charge in [0.25, 0.3) is 0 Å². The number of aromatic nitrogens is 4. The Kier molecular flexibility index (Phi) is 3.96. The van der Waals surface area contributed by atoms with Crippen LogP contribution >= 0.6 is 0 Å². The molecule has 0 aliphatic carbocycles. The topological polar surface area (TPSA) is 87.8 Å². The summed E-state index contributed by atoms with van der Waals surface area (Å²) in [5.74, 6) is 1.95. The molecular formula is C13H20N6O. The van der Waals surface area contributed by atoms with Crippen LogP contribution in [-0.2, 0) is 4.74 Å². The van der Waals surface area contributed by atoms with Crippen molar-refractivity contribution in [3.05, 3.63) is 6.33 Å². The lowest BCUT2D eigenvalue weighted by Gasteiger charge is -2.22. The quantitative estimate of drug-likeness (QED) is 0.769. The molecule has 1 saturated heterocycles. The molecule has 0 amide bonds. The van der Waals surface area contributed by atoms with Crippen LogP contribution in [0.3, 0.4) is 0 Å². The molecule has 3 rings (SSSR count). The third-order valence-electron chi connectivity index (χ3n) is 3.43. The van der Waals surface area contributed by atoms with Crippen LogP contribution < -0.4 is 10.6 Å². The molecule has 0 bridgehead atoms. The van der Waals surface area contributed by atoms with E-state index in [-0.39, 0.29) is 0 Å². The van der Waals surface area contributed by atoms with Crippen molar-refractivity contribution in [3.8, 4) is 0 Å². The van der Waals surface area contributed by atoms with Crippen molar-refractivity contribution in [2.75, 3.05) is 36.9 Å². The molecule has 7 nitrogen and oxygen atoms in total. The maximum absolute atomic E-state index is 5.50. The summed E-state index contributed by atoms with van der Waals surface area (Å²) in [5, 5.41) is 6.53. The minimum absolute atomic E-state index is 0.541. The fourth-order valence-electron chi connectivity index (χ4n) is 2.41. The first-order valence-corrected chi connectivity index (χ1v) is 7.13. The first-order valence-electron chi connectivity index (χ1n) is 7.13. The lowest BCUT2D eigenvalue weighted by molar-refractivity contribution is 0.0595. The molecule has 0 saturated carbocycles. The Morgan fingerprint density at radius 2 is 2.35 bits per heavy atom. The van der Waals surface area contributed by atoms with Gasteiger partial charge in [-0.25, -0.2) is 4.98 Å². The van der Waals surface area contributed by atoms with Crippen molar-refractivity contribution < 1.29 is 4.74 Å². The largest absolute Gasteiger partial charge is 0.381 e. The summed E-state index contributed by atoms with van der Waals surface area (Å²) in [7, 11) is 0. The molecule has 2 aromatic heterocycles. The Morgan fingerprint density at radius 1 is 1.40 bits per heavy atom. The van der Waals surface area contributed by atoms with Crippen LogP contribution in [0.1, 0.15) is 19.8 Å². The van der Waals surface area contributed by atoms with Crippen molar-refractivity contribution in [2.45, 2.75) is 19.8 Å². The number of imidazole rings is 1. The Hall–Kier alpha value is -1.89. The van der Waals surface area contributed by atoms with Gasteiger partial charge in [-0.2, -0.15) is 9.97 Å². The minimum atomic E-state index is 0.541. The predicted octanol–water partition coefficient (Wildman–Crippen LogP) is 1.62. The molecule has 7 heteroatoms. The van der Waals surface area contributed by atoms with Crippen molar-refractivity contribution in [3.63, 3.8) is 0 Å². The van der Waals surface area contributed by atoms with Crippen LogP contribution in [0, 0.1) is 5.92 Å². The Balaban J connectivity index is 1.76. The molecule has 1 atom stereocenters. The second-order valence-electron chi connectivity index (χ2n) is 4.99. The van der Waals surface area contributed by atoms with E-state index in [2.05, 4.69) is 30.6 Å². The van der Waals surface area contributed by atoms with Crippen molar-refractivity contribution in [1.29, 1.82) is 0 Å². The number of nitrogens with zero attached hydrogens (tertiary/aromatic N) is 3. The Morgan fingerprint density at radius 3 is 3.15 bits per heavy atom. The maximum Gasteiger partial charge on any atom is 0.226 e. The number of rotatable bonds is 5. The van der Waals surface area contributed by atoms with E-state index < -0.39 is 0 Å². The van der Waals surface area contributed by atoms with Gasteiger partial charge < -0.3 is 20.4 Å². The van der Waals surface area contributed by atoms with Gasteiger partial charge in [0.05, 0.1) is 12.9 Å². The highest BCUT2D eigenvalue weighted by Crippen LogP contribution is 2.20. The number of H-pyrrole nitrogens is 1. The monoisotopic (exact) mass is 276 g/mol. The maximum atomic E-state index is 5.50. The van der Waals surface area contributed by atoms with Gasteiger partial charge in [0.2, 0.25) is 5.95 Å². The average molecular weight is 276 g/mol. The van der Waals surface area contributed by atoms with Crippen LogP contribution in [0.5, 0.6) is 0 Å². The van der Waals surface area contributed by atoms with Crippen LogP contribution in [0.2, 0.25) is 0 Å². The number of anilines is 2. The molecular weight excluding hydrogens is 256 g/mol. The average Bonchev–Trinajstić information content (AvgIpc) is 2.95. The fourth-order valence-corrected chi connectivity index (χ4v) is 2.41. The van der Waals surface area contributed by atoms with Gasteiger partial charge in [-0.1, -0.05) is 0 Å². The third-order valence-corrected chi connectivity index (χ3v) is 3.43. The first kappa shape index (κ1) is 13.1. The molecule has 108 valence electrons. The Labute approximate surface area is 117 Å². The van der Waals surface area contributed by atoms with Crippen LogP contribution in [-0.4, -0.2) is 46.2 Å². The molecule has 3 N–H and O–H groups in total. The van der Waals surface area contributed by atoms with Crippen molar-refractivity contribution in [2.24, 2.45) is 5.92 Å². The number of aromatic amines is 1. The molecule has 0 aromatic carbocycles. The normalized spacial score (nSPS) is 19.1. The van der Waals surface area contributed by atoms with E-state index in [1.165, 1.54) is 6.42 Å². The van der Waals surface area contributed by atoms with E-state index in [0.717, 1.165) is 44.1 Å². The zero-order chi connectivity index (χ0) is 13.8.